The van der Waals surface area contributed by atoms with Crippen LogP contribution in [0.3, 0.4) is 0 Å². The van der Waals surface area contributed by atoms with Gasteiger partial charge in [0.25, 0.3) is 0 Å². The first-order valence-electron chi connectivity index (χ1n) is 6.02. The number of nitrogens with zero attached hydrogens (tertiary/aromatic N) is 2. The van der Waals surface area contributed by atoms with E-state index >= 15 is 0 Å². The lowest BCUT2D eigenvalue weighted by Gasteiger charge is -2.09. The van der Waals surface area contributed by atoms with E-state index in [1.54, 1.807) is 25.1 Å². The molecule has 1 atom stereocenters. The van der Waals surface area contributed by atoms with Crippen LogP contribution < -0.4 is 4.74 Å². The molecule has 0 radical (unpaired) electrons. The van der Waals surface area contributed by atoms with Crippen molar-refractivity contribution in [1.29, 1.82) is 0 Å². The molecule has 0 spiro atoms. The third-order valence-electron chi connectivity index (χ3n) is 2.61. The quantitative estimate of drug-likeness (QED) is 0.913. The summed E-state index contributed by atoms with van der Waals surface area (Å²) in [5.41, 5.74) is 0.741. The number of rotatable bonds is 5. The van der Waals surface area contributed by atoms with Gasteiger partial charge in [-0.3, -0.25) is 0 Å². The molecule has 0 aliphatic rings. The van der Waals surface area contributed by atoms with Gasteiger partial charge in [-0.05, 0) is 24.6 Å². The number of aliphatic hydroxyl groups excluding tert-OH is 1. The Kier molecular flexibility index (Phi) is 4.39. The van der Waals surface area contributed by atoms with E-state index in [1.165, 1.54) is 0 Å². The molecule has 5 nitrogen and oxygen atoms in total. The summed E-state index contributed by atoms with van der Waals surface area (Å²) >= 11 is 6.07. The van der Waals surface area contributed by atoms with Crippen LogP contribution in [-0.2, 0) is 13.0 Å². The second-order valence-electron chi connectivity index (χ2n) is 4.11. The third-order valence-corrected chi connectivity index (χ3v) is 2.90. The fourth-order valence-corrected chi connectivity index (χ4v) is 1.77. The minimum absolute atomic E-state index is 0.192. The van der Waals surface area contributed by atoms with Crippen molar-refractivity contribution in [2.24, 2.45) is 0 Å². The van der Waals surface area contributed by atoms with E-state index in [2.05, 4.69) is 10.1 Å². The molecule has 0 bridgehead atoms. The normalized spacial score (nSPS) is 12.4. The van der Waals surface area contributed by atoms with Crippen molar-refractivity contribution in [2.45, 2.75) is 33.0 Å². The van der Waals surface area contributed by atoms with Crippen LogP contribution in [0.25, 0.3) is 0 Å². The molecular formula is C13H15ClN2O3. The first-order chi connectivity index (χ1) is 9.10. The fraction of sp³-hybridized carbons (Fsp3) is 0.385. The molecule has 0 unspecified atom stereocenters. The summed E-state index contributed by atoms with van der Waals surface area (Å²) in [4.78, 5) is 4.13. The molecule has 6 heteroatoms. The van der Waals surface area contributed by atoms with Gasteiger partial charge in [-0.1, -0.05) is 29.7 Å². The van der Waals surface area contributed by atoms with E-state index in [0.717, 1.165) is 5.56 Å². The van der Waals surface area contributed by atoms with Crippen molar-refractivity contribution in [3.63, 3.8) is 0 Å². The lowest BCUT2D eigenvalue weighted by Crippen LogP contribution is -1.99. The largest absolute Gasteiger partial charge is 0.484 e. The summed E-state index contributed by atoms with van der Waals surface area (Å²) in [5, 5.41) is 13.7. The molecule has 1 aromatic carbocycles. The number of hydrogen-bond donors (Lipinski definition) is 1. The molecule has 1 N–H and O–H groups in total. The van der Waals surface area contributed by atoms with Gasteiger partial charge < -0.3 is 14.4 Å². The zero-order valence-corrected chi connectivity index (χ0v) is 11.5. The zero-order chi connectivity index (χ0) is 13.8. The Morgan fingerprint density at radius 2 is 2.26 bits per heavy atom. The Labute approximate surface area is 116 Å². The van der Waals surface area contributed by atoms with E-state index in [1.807, 2.05) is 6.92 Å². The molecule has 2 aromatic rings. The predicted molar refractivity (Wildman–Crippen MR) is 70.1 cm³/mol. The average Bonchev–Trinajstić information content (AvgIpc) is 2.85. The number of hydrogen-bond acceptors (Lipinski definition) is 5. The maximum absolute atomic E-state index is 9.44. The second kappa shape index (κ2) is 6.04. The highest BCUT2D eigenvalue weighted by molar-refractivity contribution is 6.32. The van der Waals surface area contributed by atoms with Crippen LogP contribution in [0.1, 0.15) is 37.2 Å². The van der Waals surface area contributed by atoms with Gasteiger partial charge in [0.15, 0.2) is 6.61 Å². The highest BCUT2D eigenvalue weighted by atomic mass is 35.5. The van der Waals surface area contributed by atoms with E-state index < -0.39 is 6.10 Å². The molecule has 19 heavy (non-hydrogen) atoms. The number of aliphatic hydroxyl groups is 1. The van der Waals surface area contributed by atoms with E-state index in [-0.39, 0.29) is 6.61 Å². The van der Waals surface area contributed by atoms with Crippen LogP contribution in [0.15, 0.2) is 22.7 Å². The van der Waals surface area contributed by atoms with Crippen LogP contribution in [-0.4, -0.2) is 15.2 Å². The fourth-order valence-electron chi connectivity index (χ4n) is 1.53. The van der Waals surface area contributed by atoms with Gasteiger partial charge in [0.1, 0.15) is 5.75 Å². The number of benzene rings is 1. The van der Waals surface area contributed by atoms with Gasteiger partial charge in [-0.2, -0.15) is 4.98 Å². The molecule has 1 aromatic heterocycles. The topological polar surface area (TPSA) is 68.4 Å². The van der Waals surface area contributed by atoms with Crippen molar-refractivity contribution < 1.29 is 14.4 Å². The number of aromatic nitrogens is 2. The summed E-state index contributed by atoms with van der Waals surface area (Å²) in [6.07, 6.45) is 0.132. The SMILES string of the molecule is CCc1nc(COc2ccc([C@H](C)O)cc2Cl)no1. The predicted octanol–water partition coefficient (Wildman–Crippen LogP) is 2.92. The summed E-state index contributed by atoms with van der Waals surface area (Å²) in [6, 6.07) is 5.15. The Morgan fingerprint density at radius 1 is 1.47 bits per heavy atom. The Balaban J connectivity index is 2.03. The molecule has 0 aliphatic carbocycles. The Bertz CT molecular complexity index is 555. The first kappa shape index (κ1) is 13.8. The molecular weight excluding hydrogens is 268 g/mol. The minimum atomic E-state index is -0.559. The molecule has 0 saturated heterocycles. The van der Waals surface area contributed by atoms with Gasteiger partial charge in [0.05, 0.1) is 11.1 Å². The maximum Gasteiger partial charge on any atom is 0.226 e. The smallest absolute Gasteiger partial charge is 0.226 e. The lowest BCUT2D eigenvalue weighted by atomic mass is 10.1. The van der Waals surface area contributed by atoms with Gasteiger partial charge in [-0.25, -0.2) is 0 Å². The maximum atomic E-state index is 9.44. The van der Waals surface area contributed by atoms with Crippen molar-refractivity contribution in [3.8, 4) is 5.75 Å². The molecule has 1 heterocycles. The van der Waals surface area contributed by atoms with E-state index in [9.17, 15) is 5.11 Å². The number of ether oxygens (including phenoxy) is 1. The Hall–Kier alpha value is -1.59. The van der Waals surface area contributed by atoms with E-state index in [0.29, 0.717) is 28.9 Å². The molecule has 102 valence electrons. The third kappa shape index (κ3) is 3.45. The van der Waals surface area contributed by atoms with Gasteiger partial charge >= 0.3 is 0 Å². The summed E-state index contributed by atoms with van der Waals surface area (Å²) in [5.74, 6) is 1.58. The minimum Gasteiger partial charge on any atom is -0.484 e. The van der Waals surface area contributed by atoms with Gasteiger partial charge in [-0.15, -0.1) is 0 Å². The number of halogens is 1. The van der Waals surface area contributed by atoms with Crippen LogP contribution in [0.2, 0.25) is 5.02 Å². The first-order valence-corrected chi connectivity index (χ1v) is 6.39. The molecule has 0 fully saturated rings. The summed E-state index contributed by atoms with van der Waals surface area (Å²) in [7, 11) is 0. The van der Waals surface area contributed by atoms with Crippen molar-refractivity contribution in [1.82, 2.24) is 10.1 Å². The van der Waals surface area contributed by atoms with Gasteiger partial charge in [0.2, 0.25) is 11.7 Å². The molecule has 0 amide bonds. The average molecular weight is 283 g/mol. The molecule has 0 aliphatic heterocycles. The summed E-state index contributed by atoms with van der Waals surface area (Å²) in [6.45, 7) is 3.80. The van der Waals surface area contributed by atoms with Crippen LogP contribution in [0.5, 0.6) is 5.75 Å². The molecule has 0 saturated carbocycles. The van der Waals surface area contributed by atoms with Crippen LogP contribution in [0, 0.1) is 0 Å². The second-order valence-corrected chi connectivity index (χ2v) is 4.52. The standard InChI is InChI=1S/C13H15ClN2O3/c1-3-13-15-12(16-19-13)7-18-11-5-4-9(8(2)17)6-10(11)14/h4-6,8,17H,3,7H2,1-2H3/t8-/m0/s1. The zero-order valence-electron chi connectivity index (χ0n) is 10.8. The van der Waals surface area contributed by atoms with Crippen molar-refractivity contribution in [2.75, 3.05) is 0 Å². The highest BCUT2D eigenvalue weighted by Crippen LogP contribution is 2.28. The monoisotopic (exact) mass is 282 g/mol. The summed E-state index contributed by atoms with van der Waals surface area (Å²) < 4.78 is 10.5. The van der Waals surface area contributed by atoms with Crippen molar-refractivity contribution in [3.05, 3.63) is 40.5 Å². The Morgan fingerprint density at radius 3 is 2.84 bits per heavy atom. The number of aryl methyl sites for hydroxylation is 1. The lowest BCUT2D eigenvalue weighted by molar-refractivity contribution is 0.199. The highest BCUT2D eigenvalue weighted by Gasteiger charge is 2.09. The van der Waals surface area contributed by atoms with E-state index in [4.69, 9.17) is 20.9 Å². The van der Waals surface area contributed by atoms with Gasteiger partial charge in [0, 0.05) is 6.42 Å². The van der Waals surface area contributed by atoms with Crippen molar-refractivity contribution >= 4 is 11.6 Å². The van der Waals surface area contributed by atoms with Crippen LogP contribution >= 0.6 is 11.6 Å². The van der Waals surface area contributed by atoms with Crippen LogP contribution in [0.4, 0.5) is 0 Å². The molecule has 2 rings (SSSR count).